The Morgan fingerprint density at radius 3 is 2.41 bits per heavy atom. The van der Waals surface area contributed by atoms with Gasteiger partial charge in [0.15, 0.2) is 0 Å². The molecule has 0 radical (unpaired) electrons. The Morgan fingerprint density at radius 1 is 1.03 bits per heavy atom. The van der Waals surface area contributed by atoms with E-state index in [9.17, 15) is 9.50 Å². The van der Waals surface area contributed by atoms with Crippen molar-refractivity contribution in [2.24, 2.45) is 4.99 Å². The van der Waals surface area contributed by atoms with Gasteiger partial charge in [-0.05, 0) is 79.8 Å². The first kappa shape index (κ1) is 19.5. The topological polar surface area (TPSA) is 51.0 Å². The number of nitrogens with zero attached hydrogens (tertiary/aromatic N) is 1. The van der Waals surface area contributed by atoms with E-state index in [0.717, 1.165) is 48.1 Å². The third kappa shape index (κ3) is 4.44. The molecule has 152 valence electrons. The lowest BCUT2D eigenvalue weighted by molar-refractivity contribution is 0.0638. The Kier molecular flexibility index (Phi) is 5.84. The molecule has 0 bridgehead atoms. The van der Waals surface area contributed by atoms with Crippen LogP contribution in [0.5, 0.6) is 11.5 Å². The van der Waals surface area contributed by atoms with Gasteiger partial charge in [-0.25, -0.2) is 9.38 Å². The smallest absolute Gasteiger partial charge is 0.221 e. The van der Waals surface area contributed by atoms with Gasteiger partial charge in [-0.3, -0.25) is 0 Å². The second kappa shape index (κ2) is 8.68. The van der Waals surface area contributed by atoms with Gasteiger partial charge >= 0.3 is 0 Å². The average Bonchev–Trinajstić information content (AvgIpc) is 2.76. The minimum atomic E-state index is -0.884. The van der Waals surface area contributed by atoms with Crippen molar-refractivity contribution >= 4 is 11.6 Å². The van der Waals surface area contributed by atoms with E-state index < -0.39 is 6.17 Å². The fourth-order valence-corrected chi connectivity index (χ4v) is 3.78. The highest BCUT2D eigenvalue weighted by Crippen LogP contribution is 2.31. The average molecular weight is 395 g/mol. The van der Waals surface area contributed by atoms with Crippen molar-refractivity contribution in [1.82, 2.24) is 0 Å². The third-order valence-electron chi connectivity index (χ3n) is 5.51. The molecule has 0 aromatic heterocycles. The van der Waals surface area contributed by atoms with E-state index in [-0.39, 0.29) is 11.9 Å². The number of benzene rings is 2. The number of halogens is 1. The number of alkyl halides is 1. The van der Waals surface area contributed by atoms with Gasteiger partial charge in [0.2, 0.25) is 5.90 Å². The number of rotatable bonds is 5. The van der Waals surface area contributed by atoms with Crippen molar-refractivity contribution in [2.75, 3.05) is 6.61 Å². The van der Waals surface area contributed by atoms with Crippen LogP contribution < -0.4 is 4.74 Å². The Labute approximate surface area is 170 Å². The molecule has 29 heavy (non-hydrogen) atoms. The fraction of sp³-hybridized carbons (Fsp3) is 0.375. The highest BCUT2D eigenvalue weighted by molar-refractivity contribution is 5.99. The molecule has 2 aliphatic rings. The minimum Gasteiger partial charge on any atom is -0.508 e. The molecule has 1 aliphatic heterocycles. The van der Waals surface area contributed by atoms with E-state index in [1.807, 2.05) is 24.3 Å². The van der Waals surface area contributed by atoms with Crippen LogP contribution in [-0.2, 0) is 4.74 Å². The predicted octanol–water partition coefficient (Wildman–Crippen LogP) is 5.65. The number of aliphatic imine (C=N–C) groups is 1. The van der Waals surface area contributed by atoms with Crippen molar-refractivity contribution < 1.29 is 19.0 Å². The van der Waals surface area contributed by atoms with Crippen LogP contribution in [0.2, 0.25) is 0 Å². The monoisotopic (exact) mass is 395 g/mol. The zero-order chi connectivity index (χ0) is 20.2. The van der Waals surface area contributed by atoms with Crippen molar-refractivity contribution in [1.29, 1.82) is 0 Å². The summed E-state index contributed by atoms with van der Waals surface area (Å²) >= 11 is 0. The van der Waals surface area contributed by atoms with Crippen molar-refractivity contribution in [3.05, 3.63) is 65.2 Å². The molecule has 0 spiro atoms. The summed E-state index contributed by atoms with van der Waals surface area (Å²) in [7, 11) is 0. The predicted molar refractivity (Wildman–Crippen MR) is 112 cm³/mol. The minimum absolute atomic E-state index is 0.208. The maximum Gasteiger partial charge on any atom is 0.221 e. The summed E-state index contributed by atoms with van der Waals surface area (Å²) in [4.78, 5) is 4.75. The molecule has 1 aliphatic carbocycles. The Hall–Kier alpha value is -2.82. The third-order valence-corrected chi connectivity index (χ3v) is 5.51. The summed E-state index contributed by atoms with van der Waals surface area (Å²) in [5.74, 6) is 1.44. The molecule has 2 aromatic carbocycles. The summed E-state index contributed by atoms with van der Waals surface area (Å²) in [6.45, 7) is 2.57. The summed E-state index contributed by atoms with van der Waals surface area (Å²) < 4.78 is 25.8. The molecule has 1 N–H and O–H groups in total. The molecule has 4 rings (SSSR count). The maximum atomic E-state index is 14.1. The van der Waals surface area contributed by atoms with E-state index in [2.05, 4.69) is 6.92 Å². The zero-order valence-corrected chi connectivity index (χ0v) is 16.6. The van der Waals surface area contributed by atoms with Crippen LogP contribution >= 0.6 is 0 Å². The lowest BCUT2D eigenvalue weighted by Gasteiger charge is -2.26. The van der Waals surface area contributed by atoms with Gasteiger partial charge in [0.1, 0.15) is 30.4 Å². The molecule has 1 heterocycles. The molecule has 1 fully saturated rings. The summed E-state index contributed by atoms with van der Waals surface area (Å²) in [5.41, 5.74) is 3.82. The molecule has 2 atom stereocenters. The summed E-state index contributed by atoms with van der Waals surface area (Å²) in [6, 6.07) is 14.5. The Bertz CT molecular complexity index is 903. The van der Waals surface area contributed by atoms with Crippen molar-refractivity contribution in [3.8, 4) is 11.5 Å². The first-order valence-corrected chi connectivity index (χ1v) is 10.3. The standard InChI is InChI=1S/C24H26FNO3/c1-2-16-15-28-24(18-7-11-19(27)12-8-18)26-23(16)17-9-13-20(14-10-17)29-22-6-4-3-5-21(22)25/h7-14,21-22,27H,2-6,15H2,1H3. The lowest BCUT2D eigenvalue weighted by atomic mass is 9.96. The van der Waals surface area contributed by atoms with Crippen LogP contribution in [0, 0.1) is 0 Å². The number of hydrogen-bond donors (Lipinski definition) is 1. The van der Waals surface area contributed by atoms with Crippen LogP contribution in [-0.4, -0.2) is 29.9 Å². The fourth-order valence-electron chi connectivity index (χ4n) is 3.78. The second-order valence-electron chi connectivity index (χ2n) is 7.54. The van der Waals surface area contributed by atoms with E-state index >= 15 is 0 Å². The number of ether oxygens (including phenoxy) is 2. The molecular formula is C24H26FNO3. The molecule has 0 saturated heterocycles. The van der Waals surface area contributed by atoms with Gasteiger partial charge in [0, 0.05) is 11.1 Å². The van der Waals surface area contributed by atoms with Gasteiger partial charge < -0.3 is 14.6 Å². The molecular weight excluding hydrogens is 369 g/mol. The number of aromatic hydroxyl groups is 1. The molecule has 5 heteroatoms. The van der Waals surface area contributed by atoms with Gasteiger partial charge in [-0.15, -0.1) is 0 Å². The van der Waals surface area contributed by atoms with Crippen LogP contribution in [0.3, 0.4) is 0 Å². The highest BCUT2D eigenvalue weighted by Gasteiger charge is 2.26. The van der Waals surface area contributed by atoms with Crippen molar-refractivity contribution in [3.63, 3.8) is 0 Å². The largest absolute Gasteiger partial charge is 0.508 e. The van der Waals surface area contributed by atoms with E-state index in [4.69, 9.17) is 14.5 Å². The molecule has 2 unspecified atom stereocenters. The zero-order valence-electron chi connectivity index (χ0n) is 16.6. The van der Waals surface area contributed by atoms with Gasteiger partial charge in [-0.2, -0.15) is 0 Å². The van der Waals surface area contributed by atoms with E-state index in [1.165, 1.54) is 0 Å². The maximum absolute atomic E-state index is 14.1. The van der Waals surface area contributed by atoms with Crippen LogP contribution in [0.15, 0.2) is 59.1 Å². The van der Waals surface area contributed by atoms with Crippen LogP contribution in [0.1, 0.15) is 50.2 Å². The van der Waals surface area contributed by atoms with E-state index in [0.29, 0.717) is 24.7 Å². The Balaban J connectivity index is 1.56. The Morgan fingerprint density at radius 2 is 1.72 bits per heavy atom. The first-order chi connectivity index (χ1) is 14.1. The first-order valence-electron chi connectivity index (χ1n) is 10.3. The molecule has 1 saturated carbocycles. The number of phenolic OH excluding ortho intramolecular Hbond substituents is 1. The summed E-state index contributed by atoms with van der Waals surface area (Å²) in [6.07, 6.45) is 2.93. The lowest BCUT2D eigenvalue weighted by Crippen LogP contribution is -2.31. The summed E-state index contributed by atoms with van der Waals surface area (Å²) in [5, 5.41) is 9.50. The van der Waals surface area contributed by atoms with Gasteiger partial charge in [0.25, 0.3) is 0 Å². The van der Waals surface area contributed by atoms with Crippen LogP contribution in [0.25, 0.3) is 5.70 Å². The quantitative estimate of drug-likeness (QED) is 0.712. The highest BCUT2D eigenvalue weighted by atomic mass is 19.1. The molecule has 4 nitrogen and oxygen atoms in total. The van der Waals surface area contributed by atoms with Gasteiger partial charge in [0.05, 0.1) is 5.70 Å². The molecule has 0 amide bonds. The molecule has 2 aromatic rings. The van der Waals surface area contributed by atoms with Gasteiger partial charge in [-0.1, -0.05) is 13.3 Å². The number of hydrogen-bond acceptors (Lipinski definition) is 4. The van der Waals surface area contributed by atoms with Crippen molar-refractivity contribution in [2.45, 2.75) is 51.3 Å². The SMILES string of the molecule is CCC1=C(c2ccc(OC3CCCCC3F)cc2)N=C(c2ccc(O)cc2)OC1. The number of phenols is 1. The van der Waals surface area contributed by atoms with E-state index in [1.54, 1.807) is 24.3 Å². The van der Waals surface area contributed by atoms with Crippen LogP contribution in [0.4, 0.5) is 4.39 Å². The second-order valence-corrected chi connectivity index (χ2v) is 7.54. The normalized spacial score (nSPS) is 22.1.